The second-order valence-electron chi connectivity index (χ2n) is 5.02. The number of hydrogen-bond acceptors (Lipinski definition) is 6. The number of ether oxygens (including phenoxy) is 2. The number of aromatic nitrogens is 2. The highest BCUT2D eigenvalue weighted by atomic mass is 16.5. The highest BCUT2D eigenvalue weighted by molar-refractivity contribution is 5.91. The molecule has 0 bridgehead atoms. The van der Waals surface area contributed by atoms with Crippen LogP contribution in [0.2, 0.25) is 0 Å². The molecule has 1 amide bonds. The van der Waals surface area contributed by atoms with Gasteiger partial charge in [0.05, 0.1) is 31.3 Å². The van der Waals surface area contributed by atoms with Crippen molar-refractivity contribution in [2.24, 2.45) is 0 Å². The van der Waals surface area contributed by atoms with Gasteiger partial charge in [0.2, 0.25) is 5.95 Å². The first kappa shape index (κ1) is 15.2. The van der Waals surface area contributed by atoms with Crippen LogP contribution in [0.25, 0.3) is 0 Å². The van der Waals surface area contributed by atoms with Crippen LogP contribution in [0.3, 0.4) is 0 Å². The van der Waals surface area contributed by atoms with Gasteiger partial charge in [0, 0.05) is 13.1 Å². The summed E-state index contributed by atoms with van der Waals surface area (Å²) in [6.07, 6.45) is 3.19. The fourth-order valence-corrected chi connectivity index (χ4v) is 2.18. The number of nitrogens with zero attached hydrogens (tertiary/aromatic N) is 3. The predicted molar refractivity (Wildman–Crippen MR) is 85.6 cm³/mol. The third-order valence-electron chi connectivity index (χ3n) is 3.33. The van der Waals surface area contributed by atoms with Crippen molar-refractivity contribution in [2.75, 3.05) is 43.1 Å². The lowest BCUT2D eigenvalue weighted by atomic mass is 10.3. The number of carbonyl (C=O) groups excluding carboxylic acids is 1. The van der Waals surface area contributed by atoms with E-state index in [9.17, 15) is 4.79 Å². The van der Waals surface area contributed by atoms with E-state index in [0.717, 1.165) is 13.1 Å². The summed E-state index contributed by atoms with van der Waals surface area (Å²) >= 11 is 0. The van der Waals surface area contributed by atoms with Crippen LogP contribution in [0.5, 0.6) is 5.75 Å². The lowest BCUT2D eigenvalue weighted by molar-refractivity contribution is -0.118. The summed E-state index contributed by atoms with van der Waals surface area (Å²) in [5.74, 6) is 1.05. The number of anilines is 2. The van der Waals surface area contributed by atoms with Crippen molar-refractivity contribution >= 4 is 17.5 Å². The van der Waals surface area contributed by atoms with Gasteiger partial charge in [-0.2, -0.15) is 0 Å². The first-order valence-electron chi connectivity index (χ1n) is 7.44. The monoisotopic (exact) mass is 314 g/mol. The van der Waals surface area contributed by atoms with Crippen LogP contribution in [-0.2, 0) is 9.53 Å². The van der Waals surface area contributed by atoms with Gasteiger partial charge < -0.3 is 19.7 Å². The Bertz CT molecular complexity index is 628. The summed E-state index contributed by atoms with van der Waals surface area (Å²) in [6.45, 7) is 2.85. The predicted octanol–water partition coefficient (Wildman–Crippen LogP) is 1.33. The number of hydrogen-bond donors (Lipinski definition) is 1. The third-order valence-corrected chi connectivity index (χ3v) is 3.33. The molecule has 0 aliphatic carbocycles. The summed E-state index contributed by atoms with van der Waals surface area (Å²) in [4.78, 5) is 22.5. The molecule has 1 saturated heterocycles. The summed E-state index contributed by atoms with van der Waals surface area (Å²) in [5.41, 5.74) is 0.545. The number of amides is 1. The fraction of sp³-hybridized carbons (Fsp3) is 0.312. The molecular weight excluding hydrogens is 296 g/mol. The first-order valence-corrected chi connectivity index (χ1v) is 7.44. The first-order chi connectivity index (χ1) is 11.3. The van der Waals surface area contributed by atoms with Gasteiger partial charge in [-0.15, -0.1) is 0 Å². The van der Waals surface area contributed by atoms with Crippen LogP contribution in [0.15, 0.2) is 42.7 Å². The number of para-hydroxylation sites is 1. The van der Waals surface area contributed by atoms with E-state index in [2.05, 4.69) is 15.3 Å². The molecule has 0 unspecified atom stereocenters. The van der Waals surface area contributed by atoms with Gasteiger partial charge in [-0.3, -0.25) is 4.79 Å². The van der Waals surface area contributed by atoms with Crippen molar-refractivity contribution in [1.29, 1.82) is 0 Å². The Kier molecular flexibility index (Phi) is 5.00. The normalized spacial score (nSPS) is 14.3. The van der Waals surface area contributed by atoms with E-state index in [1.165, 1.54) is 0 Å². The third kappa shape index (κ3) is 4.40. The average molecular weight is 314 g/mol. The molecule has 120 valence electrons. The number of carbonyl (C=O) groups is 1. The van der Waals surface area contributed by atoms with Crippen molar-refractivity contribution < 1.29 is 14.3 Å². The van der Waals surface area contributed by atoms with Gasteiger partial charge in [-0.25, -0.2) is 9.97 Å². The Morgan fingerprint density at radius 3 is 2.57 bits per heavy atom. The van der Waals surface area contributed by atoms with Crippen molar-refractivity contribution in [3.8, 4) is 5.75 Å². The van der Waals surface area contributed by atoms with E-state index < -0.39 is 0 Å². The van der Waals surface area contributed by atoms with Gasteiger partial charge in [0.1, 0.15) is 5.75 Å². The molecule has 1 aromatic heterocycles. The smallest absolute Gasteiger partial charge is 0.262 e. The Morgan fingerprint density at radius 2 is 1.87 bits per heavy atom. The molecule has 23 heavy (non-hydrogen) atoms. The maximum absolute atomic E-state index is 11.9. The molecule has 3 rings (SSSR count). The molecule has 0 atom stereocenters. The molecule has 0 saturated carbocycles. The van der Waals surface area contributed by atoms with E-state index in [1.807, 2.05) is 23.1 Å². The zero-order chi connectivity index (χ0) is 15.9. The van der Waals surface area contributed by atoms with Crippen LogP contribution < -0.4 is 15.0 Å². The van der Waals surface area contributed by atoms with Gasteiger partial charge in [0.25, 0.3) is 5.91 Å². The highest BCUT2D eigenvalue weighted by Gasteiger charge is 2.13. The SMILES string of the molecule is O=C(COc1ccccc1)Nc1cnc(N2CCOCC2)nc1. The molecule has 7 heteroatoms. The van der Waals surface area contributed by atoms with Crippen LogP contribution in [0.4, 0.5) is 11.6 Å². The van der Waals surface area contributed by atoms with Gasteiger partial charge in [-0.05, 0) is 12.1 Å². The Morgan fingerprint density at radius 1 is 1.17 bits per heavy atom. The van der Waals surface area contributed by atoms with Crippen LogP contribution in [0.1, 0.15) is 0 Å². The van der Waals surface area contributed by atoms with Gasteiger partial charge in [0.15, 0.2) is 6.61 Å². The Labute approximate surface area is 134 Å². The lowest BCUT2D eigenvalue weighted by Crippen LogP contribution is -2.37. The average Bonchev–Trinajstić information content (AvgIpc) is 2.62. The standard InChI is InChI=1S/C16H18N4O3/c21-15(12-23-14-4-2-1-3-5-14)19-13-10-17-16(18-11-13)20-6-8-22-9-7-20/h1-5,10-11H,6-9,12H2,(H,19,21). The minimum absolute atomic E-state index is 0.0603. The number of morpholine rings is 1. The quantitative estimate of drug-likeness (QED) is 0.897. The Balaban J connectivity index is 1.50. The molecule has 7 nitrogen and oxygen atoms in total. The molecule has 0 radical (unpaired) electrons. The largest absolute Gasteiger partial charge is 0.484 e. The van der Waals surface area contributed by atoms with E-state index in [0.29, 0.717) is 30.6 Å². The molecule has 1 aromatic carbocycles. The summed E-state index contributed by atoms with van der Waals surface area (Å²) in [6, 6.07) is 9.19. The van der Waals surface area contributed by atoms with Gasteiger partial charge in [-0.1, -0.05) is 18.2 Å². The van der Waals surface area contributed by atoms with E-state index in [4.69, 9.17) is 9.47 Å². The number of nitrogens with one attached hydrogen (secondary N) is 1. The zero-order valence-corrected chi connectivity index (χ0v) is 12.6. The van der Waals surface area contributed by atoms with Crippen LogP contribution in [-0.4, -0.2) is 48.8 Å². The van der Waals surface area contributed by atoms with Gasteiger partial charge >= 0.3 is 0 Å². The fourth-order valence-electron chi connectivity index (χ4n) is 2.18. The molecule has 1 aliphatic heterocycles. The van der Waals surface area contributed by atoms with E-state index >= 15 is 0 Å². The van der Waals surface area contributed by atoms with Crippen molar-refractivity contribution in [1.82, 2.24) is 9.97 Å². The number of rotatable bonds is 5. The maximum Gasteiger partial charge on any atom is 0.262 e. The second-order valence-corrected chi connectivity index (χ2v) is 5.02. The van der Waals surface area contributed by atoms with Crippen molar-refractivity contribution in [2.45, 2.75) is 0 Å². The highest BCUT2D eigenvalue weighted by Crippen LogP contribution is 2.12. The van der Waals surface area contributed by atoms with Crippen molar-refractivity contribution in [3.05, 3.63) is 42.7 Å². The minimum Gasteiger partial charge on any atom is -0.484 e. The maximum atomic E-state index is 11.9. The lowest BCUT2D eigenvalue weighted by Gasteiger charge is -2.26. The molecule has 1 N–H and O–H groups in total. The molecule has 1 aliphatic rings. The molecule has 2 aromatic rings. The molecular formula is C16H18N4O3. The minimum atomic E-state index is -0.253. The van der Waals surface area contributed by atoms with Crippen molar-refractivity contribution in [3.63, 3.8) is 0 Å². The molecule has 0 spiro atoms. The van der Waals surface area contributed by atoms with Crippen LogP contribution in [0, 0.1) is 0 Å². The summed E-state index contributed by atoms with van der Waals surface area (Å²) in [5, 5.41) is 2.71. The number of benzene rings is 1. The summed E-state index contributed by atoms with van der Waals surface area (Å²) < 4.78 is 10.7. The van der Waals surface area contributed by atoms with E-state index in [1.54, 1.807) is 24.5 Å². The second kappa shape index (κ2) is 7.55. The van der Waals surface area contributed by atoms with E-state index in [-0.39, 0.29) is 12.5 Å². The summed E-state index contributed by atoms with van der Waals surface area (Å²) in [7, 11) is 0. The molecule has 1 fully saturated rings. The Hall–Kier alpha value is -2.67. The van der Waals surface area contributed by atoms with Crippen LogP contribution >= 0.6 is 0 Å². The zero-order valence-electron chi connectivity index (χ0n) is 12.6. The topological polar surface area (TPSA) is 76.6 Å². The molecule has 2 heterocycles.